The summed E-state index contributed by atoms with van der Waals surface area (Å²) in [5, 5.41) is 0.629. The fourth-order valence-corrected chi connectivity index (χ4v) is 3.39. The molecule has 1 aromatic rings. The third kappa shape index (κ3) is 2.73. The van der Waals surface area contributed by atoms with Crippen molar-refractivity contribution in [2.24, 2.45) is 11.7 Å². The molecule has 1 fully saturated rings. The quantitative estimate of drug-likeness (QED) is 0.931. The van der Waals surface area contributed by atoms with Gasteiger partial charge in [0.1, 0.15) is 0 Å². The first kappa shape index (κ1) is 14.0. The molecule has 1 saturated heterocycles. The van der Waals surface area contributed by atoms with Crippen molar-refractivity contribution in [1.29, 1.82) is 0 Å². The summed E-state index contributed by atoms with van der Waals surface area (Å²) in [5.41, 5.74) is 7.08. The largest absolute Gasteiger partial charge is 0.454 e. The van der Waals surface area contributed by atoms with Crippen molar-refractivity contribution in [2.75, 3.05) is 19.9 Å². The summed E-state index contributed by atoms with van der Waals surface area (Å²) in [6.07, 6.45) is 2.41. The SMILES string of the molecule is CC1CCN(Cc2cc(Cl)c3c(c2)OCO3)C(CN)C1. The molecular formula is C15H21ClN2O2. The monoisotopic (exact) mass is 296 g/mol. The molecule has 0 aromatic heterocycles. The molecule has 1 aromatic carbocycles. The van der Waals surface area contributed by atoms with Crippen LogP contribution < -0.4 is 15.2 Å². The molecule has 5 heteroatoms. The maximum Gasteiger partial charge on any atom is 0.231 e. The molecule has 0 spiro atoms. The number of halogens is 1. The first-order valence-corrected chi connectivity index (χ1v) is 7.57. The maximum atomic E-state index is 6.24. The molecule has 2 heterocycles. The fourth-order valence-electron chi connectivity index (χ4n) is 3.10. The molecule has 0 amide bonds. The number of hydrogen-bond donors (Lipinski definition) is 1. The van der Waals surface area contributed by atoms with E-state index in [0.29, 0.717) is 23.4 Å². The summed E-state index contributed by atoms with van der Waals surface area (Å²) in [6.45, 7) is 5.23. The van der Waals surface area contributed by atoms with Gasteiger partial charge in [-0.2, -0.15) is 0 Å². The van der Waals surface area contributed by atoms with Crippen LogP contribution >= 0.6 is 11.6 Å². The number of fused-ring (bicyclic) bond motifs is 1. The summed E-state index contributed by atoms with van der Waals surface area (Å²) in [6, 6.07) is 4.46. The highest BCUT2D eigenvalue weighted by Gasteiger charge is 2.26. The van der Waals surface area contributed by atoms with Gasteiger partial charge in [-0.25, -0.2) is 0 Å². The van der Waals surface area contributed by atoms with E-state index in [1.165, 1.54) is 12.8 Å². The molecule has 0 bridgehead atoms. The molecule has 3 rings (SSSR count). The predicted octanol–water partition coefficient (Wildman–Crippen LogP) is 2.63. The van der Waals surface area contributed by atoms with Crippen molar-refractivity contribution in [2.45, 2.75) is 32.4 Å². The lowest BCUT2D eigenvalue weighted by molar-refractivity contribution is 0.115. The minimum Gasteiger partial charge on any atom is -0.454 e. The lowest BCUT2D eigenvalue weighted by atomic mass is 9.92. The van der Waals surface area contributed by atoms with Crippen molar-refractivity contribution < 1.29 is 9.47 Å². The number of nitrogens with zero attached hydrogens (tertiary/aromatic N) is 1. The third-order valence-electron chi connectivity index (χ3n) is 4.24. The van der Waals surface area contributed by atoms with Gasteiger partial charge in [0.25, 0.3) is 0 Å². The molecule has 20 heavy (non-hydrogen) atoms. The molecule has 0 aliphatic carbocycles. The van der Waals surface area contributed by atoms with Gasteiger partial charge in [0.15, 0.2) is 11.5 Å². The third-order valence-corrected chi connectivity index (χ3v) is 4.53. The summed E-state index contributed by atoms with van der Waals surface area (Å²) in [4.78, 5) is 2.45. The van der Waals surface area contributed by atoms with Gasteiger partial charge in [-0.3, -0.25) is 4.90 Å². The van der Waals surface area contributed by atoms with Gasteiger partial charge in [0.2, 0.25) is 6.79 Å². The highest BCUT2D eigenvalue weighted by molar-refractivity contribution is 6.32. The lowest BCUT2D eigenvalue weighted by Crippen LogP contribution is -2.45. The Morgan fingerprint density at radius 3 is 3.05 bits per heavy atom. The Kier molecular flexibility index (Phi) is 4.06. The Balaban J connectivity index is 1.76. The van der Waals surface area contributed by atoms with Gasteiger partial charge in [-0.1, -0.05) is 18.5 Å². The van der Waals surface area contributed by atoms with Crippen molar-refractivity contribution in [3.8, 4) is 11.5 Å². The van der Waals surface area contributed by atoms with Gasteiger partial charge < -0.3 is 15.2 Å². The molecule has 0 radical (unpaired) electrons. The van der Waals surface area contributed by atoms with Crippen LogP contribution in [0.1, 0.15) is 25.3 Å². The van der Waals surface area contributed by atoms with Gasteiger partial charge >= 0.3 is 0 Å². The van der Waals surface area contributed by atoms with E-state index in [1.807, 2.05) is 12.1 Å². The molecule has 2 aliphatic rings. The van der Waals surface area contributed by atoms with Gasteiger partial charge in [-0.15, -0.1) is 0 Å². The summed E-state index contributed by atoms with van der Waals surface area (Å²) >= 11 is 6.24. The lowest BCUT2D eigenvalue weighted by Gasteiger charge is -2.38. The van der Waals surface area contributed by atoms with Crippen molar-refractivity contribution in [3.63, 3.8) is 0 Å². The zero-order chi connectivity index (χ0) is 14.1. The molecule has 2 atom stereocenters. The van der Waals surface area contributed by atoms with Crippen LogP contribution in [0.3, 0.4) is 0 Å². The van der Waals surface area contributed by atoms with Gasteiger partial charge in [0, 0.05) is 19.1 Å². The summed E-state index contributed by atoms with van der Waals surface area (Å²) in [7, 11) is 0. The Bertz CT molecular complexity index is 495. The van der Waals surface area contributed by atoms with Crippen LogP contribution in [0, 0.1) is 5.92 Å². The standard InChI is InChI=1S/C15H21ClN2O2/c1-10-2-3-18(12(4-10)7-17)8-11-5-13(16)15-14(6-11)19-9-20-15/h5-6,10,12H,2-4,7-9,17H2,1H3. The highest BCUT2D eigenvalue weighted by Crippen LogP contribution is 2.40. The summed E-state index contributed by atoms with van der Waals surface area (Å²) in [5.74, 6) is 2.18. The molecule has 4 nitrogen and oxygen atoms in total. The zero-order valence-electron chi connectivity index (χ0n) is 11.8. The van der Waals surface area contributed by atoms with Crippen LogP contribution in [0.4, 0.5) is 0 Å². The summed E-state index contributed by atoms with van der Waals surface area (Å²) < 4.78 is 10.8. The first-order chi connectivity index (χ1) is 9.67. The Labute approximate surface area is 124 Å². The van der Waals surface area contributed by atoms with E-state index in [0.717, 1.165) is 30.3 Å². The van der Waals surface area contributed by atoms with Crippen molar-refractivity contribution in [1.82, 2.24) is 4.90 Å². The van der Waals surface area contributed by atoms with E-state index in [9.17, 15) is 0 Å². The molecular weight excluding hydrogens is 276 g/mol. The van der Waals surface area contributed by atoms with Crippen molar-refractivity contribution >= 4 is 11.6 Å². The van der Waals surface area contributed by atoms with Crippen LogP contribution in [0.5, 0.6) is 11.5 Å². The van der Waals surface area contributed by atoms with E-state index < -0.39 is 0 Å². The Hall–Kier alpha value is -0.970. The minimum atomic E-state index is 0.255. The van der Waals surface area contributed by atoms with Gasteiger partial charge in [0.05, 0.1) is 5.02 Å². The average Bonchev–Trinajstić information content (AvgIpc) is 2.89. The van der Waals surface area contributed by atoms with Crippen LogP contribution in [-0.2, 0) is 6.54 Å². The topological polar surface area (TPSA) is 47.7 Å². The molecule has 2 N–H and O–H groups in total. The van der Waals surface area contributed by atoms with E-state index in [1.54, 1.807) is 0 Å². The van der Waals surface area contributed by atoms with Crippen molar-refractivity contribution in [3.05, 3.63) is 22.7 Å². The number of rotatable bonds is 3. The number of benzene rings is 1. The second kappa shape index (κ2) is 5.80. The minimum absolute atomic E-state index is 0.255. The van der Waals surface area contributed by atoms with E-state index in [-0.39, 0.29) is 6.79 Å². The van der Waals surface area contributed by atoms with E-state index >= 15 is 0 Å². The number of piperidine rings is 1. The maximum absolute atomic E-state index is 6.24. The van der Waals surface area contributed by atoms with Crippen LogP contribution in [0.2, 0.25) is 5.02 Å². The fraction of sp³-hybridized carbons (Fsp3) is 0.600. The Morgan fingerprint density at radius 2 is 2.25 bits per heavy atom. The zero-order valence-corrected chi connectivity index (χ0v) is 12.5. The number of nitrogens with two attached hydrogens (primary N) is 1. The highest BCUT2D eigenvalue weighted by atomic mass is 35.5. The normalized spacial score (nSPS) is 25.9. The molecule has 2 aliphatic heterocycles. The van der Waals surface area contributed by atoms with Crippen LogP contribution in [0.25, 0.3) is 0 Å². The smallest absolute Gasteiger partial charge is 0.231 e. The van der Waals surface area contributed by atoms with Gasteiger partial charge in [-0.05, 0) is 43.0 Å². The second-order valence-electron chi connectivity index (χ2n) is 5.80. The number of likely N-dealkylation sites (tertiary alicyclic amines) is 1. The predicted molar refractivity (Wildman–Crippen MR) is 79.2 cm³/mol. The molecule has 2 unspecified atom stereocenters. The molecule has 110 valence electrons. The van der Waals surface area contributed by atoms with Crippen LogP contribution in [0.15, 0.2) is 12.1 Å². The van der Waals surface area contributed by atoms with E-state index in [2.05, 4.69) is 11.8 Å². The molecule has 0 saturated carbocycles. The van der Waals surface area contributed by atoms with E-state index in [4.69, 9.17) is 26.8 Å². The number of hydrogen-bond acceptors (Lipinski definition) is 4. The Morgan fingerprint density at radius 1 is 1.40 bits per heavy atom. The second-order valence-corrected chi connectivity index (χ2v) is 6.21. The first-order valence-electron chi connectivity index (χ1n) is 7.19. The average molecular weight is 297 g/mol. The number of ether oxygens (including phenoxy) is 2. The van der Waals surface area contributed by atoms with Crippen LogP contribution in [-0.4, -0.2) is 30.8 Å².